The summed E-state index contributed by atoms with van der Waals surface area (Å²) in [6, 6.07) is 6.93. The average Bonchev–Trinajstić information content (AvgIpc) is 2.44. The van der Waals surface area contributed by atoms with Crippen LogP contribution in [-0.2, 0) is 0 Å². The van der Waals surface area contributed by atoms with Gasteiger partial charge in [0, 0.05) is 0 Å². The van der Waals surface area contributed by atoms with E-state index in [1.165, 1.54) is 0 Å². The molecule has 0 spiro atoms. The van der Waals surface area contributed by atoms with Crippen molar-refractivity contribution in [1.29, 1.82) is 0 Å². The molecule has 0 fully saturated rings. The largest absolute Gasteiger partial charge is 0.451 e. The van der Waals surface area contributed by atoms with Gasteiger partial charge in [0.1, 0.15) is 0 Å². The summed E-state index contributed by atoms with van der Waals surface area (Å²) < 4.78 is 34.1. The highest BCUT2D eigenvalue weighted by molar-refractivity contribution is 5.41. The van der Waals surface area contributed by atoms with Crippen LogP contribution in [0.15, 0.2) is 24.3 Å². The van der Waals surface area contributed by atoms with E-state index in [4.69, 9.17) is 9.47 Å². The molecule has 1 heterocycles. The van der Waals surface area contributed by atoms with Crippen LogP contribution in [0.5, 0.6) is 11.5 Å². The molecule has 0 amide bonds. The second-order valence-corrected chi connectivity index (χ2v) is 2.74. The monoisotopic (exact) mass is 186 g/mol. The molecular formula is C9H8F2O2. The molecule has 4 heteroatoms. The van der Waals surface area contributed by atoms with Crippen molar-refractivity contribution < 1.29 is 18.3 Å². The second-order valence-electron chi connectivity index (χ2n) is 2.74. The molecule has 1 aromatic rings. The molecule has 1 aliphatic rings. The Morgan fingerprint density at radius 2 is 1.69 bits per heavy atom. The zero-order valence-electron chi connectivity index (χ0n) is 6.74. The van der Waals surface area contributed by atoms with Gasteiger partial charge in [0.15, 0.2) is 11.5 Å². The predicted molar refractivity (Wildman–Crippen MR) is 42.1 cm³/mol. The third kappa shape index (κ3) is 1.71. The summed E-state index contributed by atoms with van der Waals surface area (Å²) in [5.41, 5.74) is 0. The summed E-state index contributed by atoms with van der Waals surface area (Å²) >= 11 is 0. The average molecular weight is 186 g/mol. The molecule has 0 bridgehead atoms. The maximum absolute atomic E-state index is 11.9. The van der Waals surface area contributed by atoms with Crippen molar-refractivity contribution in [3.8, 4) is 11.5 Å². The van der Waals surface area contributed by atoms with Crippen LogP contribution in [0.4, 0.5) is 8.78 Å². The van der Waals surface area contributed by atoms with Gasteiger partial charge in [-0.3, -0.25) is 0 Å². The Balaban J connectivity index is 2.05. The predicted octanol–water partition coefficient (Wildman–Crippen LogP) is 2.44. The van der Waals surface area contributed by atoms with Gasteiger partial charge in [-0.15, -0.1) is 0 Å². The number of ether oxygens (including phenoxy) is 2. The molecule has 2 nitrogen and oxygen atoms in total. The van der Waals surface area contributed by atoms with Crippen molar-refractivity contribution in [2.45, 2.75) is 19.1 Å². The molecule has 13 heavy (non-hydrogen) atoms. The number of rotatable bonds is 2. The summed E-state index contributed by atoms with van der Waals surface area (Å²) in [4.78, 5) is 0. The molecular weight excluding hydrogens is 178 g/mol. The molecule has 0 radical (unpaired) electrons. The third-order valence-corrected chi connectivity index (χ3v) is 1.74. The number of fused-ring (bicyclic) bond motifs is 1. The molecule has 0 N–H and O–H groups in total. The Morgan fingerprint density at radius 1 is 1.15 bits per heavy atom. The summed E-state index contributed by atoms with van der Waals surface area (Å²) in [6.45, 7) is 0. The fourth-order valence-corrected chi connectivity index (χ4v) is 1.19. The van der Waals surface area contributed by atoms with Gasteiger partial charge in [0.2, 0.25) is 12.7 Å². The van der Waals surface area contributed by atoms with Crippen molar-refractivity contribution in [2.24, 2.45) is 0 Å². The number of benzene rings is 1. The number of hydrogen-bond acceptors (Lipinski definition) is 2. The smallest absolute Gasteiger partial charge is 0.247 e. The van der Waals surface area contributed by atoms with Crippen LogP contribution in [0, 0.1) is 0 Å². The molecule has 0 saturated carbocycles. The second kappa shape index (κ2) is 3.20. The molecule has 70 valence electrons. The van der Waals surface area contributed by atoms with Gasteiger partial charge in [-0.05, 0) is 12.1 Å². The topological polar surface area (TPSA) is 18.5 Å². The fourth-order valence-electron chi connectivity index (χ4n) is 1.19. The first-order chi connectivity index (χ1) is 6.25. The summed E-state index contributed by atoms with van der Waals surface area (Å²) in [7, 11) is 0. The third-order valence-electron chi connectivity index (χ3n) is 1.74. The highest BCUT2D eigenvalue weighted by Gasteiger charge is 2.26. The first-order valence-electron chi connectivity index (χ1n) is 3.96. The lowest BCUT2D eigenvalue weighted by Crippen LogP contribution is -2.20. The van der Waals surface area contributed by atoms with Gasteiger partial charge < -0.3 is 9.47 Å². The Kier molecular flexibility index (Phi) is 2.04. The number of halogens is 2. The molecule has 0 aromatic heterocycles. The van der Waals surface area contributed by atoms with Crippen LogP contribution in [0.25, 0.3) is 0 Å². The van der Waals surface area contributed by atoms with E-state index in [0.29, 0.717) is 11.5 Å². The van der Waals surface area contributed by atoms with Crippen LogP contribution in [-0.4, -0.2) is 12.7 Å². The zero-order chi connectivity index (χ0) is 9.26. The van der Waals surface area contributed by atoms with Crippen molar-refractivity contribution >= 4 is 0 Å². The quantitative estimate of drug-likeness (QED) is 0.706. The van der Waals surface area contributed by atoms with Gasteiger partial charge >= 0.3 is 0 Å². The number of hydrogen-bond donors (Lipinski definition) is 0. The highest BCUT2D eigenvalue weighted by atomic mass is 19.3. The molecule has 1 aliphatic heterocycles. The van der Waals surface area contributed by atoms with E-state index in [2.05, 4.69) is 0 Å². The highest BCUT2D eigenvalue weighted by Crippen LogP contribution is 2.35. The lowest BCUT2D eigenvalue weighted by atomic mass is 10.3. The van der Waals surface area contributed by atoms with Crippen LogP contribution >= 0.6 is 0 Å². The lowest BCUT2D eigenvalue weighted by molar-refractivity contribution is -0.0100. The standard InChI is InChI=1S/C9H8F2O2/c10-8(11)5-9-12-6-3-1-2-4-7(6)13-9/h1-4,8-9H,5H2. The number of para-hydroxylation sites is 2. The maximum Gasteiger partial charge on any atom is 0.247 e. The Morgan fingerprint density at radius 3 is 2.15 bits per heavy atom. The van der Waals surface area contributed by atoms with Gasteiger partial charge in [-0.1, -0.05) is 12.1 Å². The van der Waals surface area contributed by atoms with Gasteiger partial charge in [-0.2, -0.15) is 0 Å². The summed E-state index contributed by atoms with van der Waals surface area (Å²) in [6.07, 6.45) is -3.63. The Labute approximate surface area is 74.1 Å². The molecule has 0 saturated heterocycles. The first kappa shape index (κ1) is 8.29. The van der Waals surface area contributed by atoms with Crippen LogP contribution in [0.1, 0.15) is 6.42 Å². The van der Waals surface area contributed by atoms with E-state index in [-0.39, 0.29) is 0 Å². The number of alkyl halides is 2. The fraction of sp³-hybridized carbons (Fsp3) is 0.333. The van der Waals surface area contributed by atoms with Gasteiger partial charge in [0.05, 0.1) is 6.42 Å². The van der Waals surface area contributed by atoms with E-state index in [1.54, 1.807) is 24.3 Å². The molecule has 1 aromatic carbocycles. The lowest BCUT2D eigenvalue weighted by Gasteiger charge is -2.08. The van der Waals surface area contributed by atoms with Crippen LogP contribution < -0.4 is 9.47 Å². The van der Waals surface area contributed by atoms with E-state index < -0.39 is 19.1 Å². The minimum atomic E-state index is -2.40. The maximum atomic E-state index is 11.9. The minimum absolute atomic E-state index is 0.394. The van der Waals surface area contributed by atoms with Crippen LogP contribution in [0.2, 0.25) is 0 Å². The molecule has 0 aliphatic carbocycles. The van der Waals surface area contributed by atoms with Crippen molar-refractivity contribution in [2.75, 3.05) is 0 Å². The zero-order valence-corrected chi connectivity index (χ0v) is 6.74. The van der Waals surface area contributed by atoms with Gasteiger partial charge in [-0.25, -0.2) is 8.78 Å². The molecule has 0 unspecified atom stereocenters. The van der Waals surface area contributed by atoms with Crippen molar-refractivity contribution in [3.63, 3.8) is 0 Å². The molecule has 0 atom stereocenters. The molecule has 2 rings (SSSR count). The van der Waals surface area contributed by atoms with E-state index in [0.717, 1.165) is 0 Å². The van der Waals surface area contributed by atoms with E-state index in [1.807, 2.05) is 0 Å². The normalized spacial score (nSPS) is 15.3. The minimum Gasteiger partial charge on any atom is -0.451 e. The SMILES string of the molecule is FC(F)CC1Oc2ccccc2O1. The summed E-state index contributed by atoms with van der Waals surface area (Å²) in [5.74, 6) is 1.07. The van der Waals surface area contributed by atoms with Crippen LogP contribution in [0.3, 0.4) is 0 Å². The van der Waals surface area contributed by atoms with Crippen molar-refractivity contribution in [1.82, 2.24) is 0 Å². The van der Waals surface area contributed by atoms with Crippen molar-refractivity contribution in [3.05, 3.63) is 24.3 Å². The Hall–Kier alpha value is -1.32. The van der Waals surface area contributed by atoms with Gasteiger partial charge in [0.25, 0.3) is 0 Å². The summed E-state index contributed by atoms with van der Waals surface area (Å²) in [5, 5.41) is 0. The van der Waals surface area contributed by atoms with E-state index >= 15 is 0 Å². The van der Waals surface area contributed by atoms with E-state index in [9.17, 15) is 8.78 Å². The Bertz CT molecular complexity index is 276. The first-order valence-corrected chi connectivity index (χ1v) is 3.96.